The summed E-state index contributed by atoms with van der Waals surface area (Å²) in [5.41, 5.74) is 1.42. The smallest absolute Gasteiger partial charge is 0.157 e. The molecule has 0 radical (unpaired) electrons. The lowest BCUT2D eigenvalue weighted by molar-refractivity contribution is 0.105. The highest BCUT2D eigenvalue weighted by molar-refractivity contribution is 6.32. The maximum absolute atomic E-state index is 10.0. The summed E-state index contributed by atoms with van der Waals surface area (Å²) >= 11 is 6.03. The molecule has 0 saturated heterocycles. The molecule has 0 aliphatic rings. The molecule has 31 heavy (non-hydrogen) atoms. The van der Waals surface area contributed by atoms with Crippen LogP contribution in [0.1, 0.15) is 5.76 Å². The first-order valence-corrected chi connectivity index (χ1v) is 10.3. The molecule has 162 valence electrons. The number of hydrogen-bond acceptors (Lipinski definition) is 7. The summed E-state index contributed by atoms with van der Waals surface area (Å²) in [6.45, 7) is 3.41. The van der Waals surface area contributed by atoms with Gasteiger partial charge < -0.3 is 28.8 Å². The van der Waals surface area contributed by atoms with Gasteiger partial charge in [0.15, 0.2) is 5.76 Å². The maximum atomic E-state index is 10.0. The van der Waals surface area contributed by atoms with Crippen molar-refractivity contribution in [2.45, 2.75) is 13.0 Å². The van der Waals surface area contributed by atoms with Gasteiger partial charge in [0.25, 0.3) is 0 Å². The normalized spacial score (nSPS) is 12.2. The second-order valence-electron chi connectivity index (χ2n) is 7.08. The molecule has 0 spiro atoms. The van der Waals surface area contributed by atoms with Gasteiger partial charge in [-0.3, -0.25) is 0 Å². The van der Waals surface area contributed by atoms with Crippen LogP contribution in [0.3, 0.4) is 0 Å². The van der Waals surface area contributed by atoms with Crippen LogP contribution in [-0.4, -0.2) is 42.7 Å². The van der Waals surface area contributed by atoms with E-state index in [9.17, 15) is 5.11 Å². The number of aromatic nitrogens is 1. The molecule has 7 nitrogen and oxygen atoms in total. The van der Waals surface area contributed by atoms with Gasteiger partial charge in [-0.15, -0.1) is 0 Å². The Hall–Kier alpha value is -3.00. The molecule has 2 N–H and O–H groups in total. The Kier molecular flexibility index (Phi) is 6.76. The number of aliphatic hydroxyl groups excluding tert-OH is 1. The van der Waals surface area contributed by atoms with E-state index in [0.717, 1.165) is 22.5 Å². The van der Waals surface area contributed by atoms with Gasteiger partial charge in [0.1, 0.15) is 47.9 Å². The van der Waals surface area contributed by atoms with Gasteiger partial charge in [0.05, 0.1) is 5.02 Å². The zero-order chi connectivity index (χ0) is 21.6. The Labute approximate surface area is 184 Å². The predicted octanol–water partition coefficient (Wildman–Crippen LogP) is 4.46. The molecular formula is C23H23ClN2O5. The number of aryl methyl sites for hydroxylation is 1. The molecule has 0 amide bonds. The topological polar surface area (TPSA) is 89.9 Å². The van der Waals surface area contributed by atoms with Crippen LogP contribution >= 0.6 is 11.6 Å². The molecule has 0 unspecified atom stereocenters. The molecule has 2 aromatic carbocycles. The third-order valence-electron chi connectivity index (χ3n) is 4.56. The summed E-state index contributed by atoms with van der Waals surface area (Å²) in [6.07, 6.45) is -0.655. The van der Waals surface area contributed by atoms with E-state index in [0.29, 0.717) is 41.9 Å². The summed E-state index contributed by atoms with van der Waals surface area (Å²) in [5, 5.41) is 18.6. The van der Waals surface area contributed by atoms with E-state index < -0.39 is 6.10 Å². The number of benzene rings is 2. The number of rotatable bonds is 10. The Balaban J connectivity index is 1.20. The van der Waals surface area contributed by atoms with Crippen molar-refractivity contribution in [3.8, 4) is 23.0 Å². The second-order valence-corrected chi connectivity index (χ2v) is 7.49. The number of furan rings is 1. The minimum Gasteiger partial charge on any atom is -0.492 e. The van der Waals surface area contributed by atoms with E-state index in [4.69, 9.17) is 30.0 Å². The monoisotopic (exact) mass is 442 g/mol. The molecule has 1 atom stereocenters. The van der Waals surface area contributed by atoms with Gasteiger partial charge in [-0.1, -0.05) is 28.9 Å². The van der Waals surface area contributed by atoms with Gasteiger partial charge in [-0.05, 0) is 43.3 Å². The van der Waals surface area contributed by atoms with E-state index in [1.165, 1.54) is 0 Å². The number of ether oxygens (including phenoxy) is 2. The second kappa shape index (κ2) is 9.87. The SMILES string of the molecule is Cc1cc(-c2cc3cc(OCCNC[C@H](O)COc4ccccc4Cl)ccc3o2)no1. The highest BCUT2D eigenvalue weighted by Gasteiger charge is 2.11. The van der Waals surface area contributed by atoms with Crippen LogP contribution in [0, 0.1) is 6.92 Å². The summed E-state index contributed by atoms with van der Waals surface area (Å²) in [4.78, 5) is 0. The number of halogens is 1. The highest BCUT2D eigenvalue weighted by atomic mass is 35.5. The van der Waals surface area contributed by atoms with Crippen molar-refractivity contribution in [2.24, 2.45) is 0 Å². The van der Waals surface area contributed by atoms with E-state index in [1.807, 2.05) is 49.4 Å². The molecule has 4 aromatic rings. The van der Waals surface area contributed by atoms with Crippen molar-refractivity contribution in [1.82, 2.24) is 10.5 Å². The standard InChI is InChI=1S/C23H23ClN2O5/c1-15-10-20(26-31-15)23-12-16-11-18(6-7-21(16)30-23)28-9-8-25-13-17(27)14-29-22-5-3-2-4-19(22)24/h2-7,10-12,17,25,27H,8-9,13-14H2,1H3/t17-/m0/s1. The lowest BCUT2D eigenvalue weighted by Gasteiger charge is -2.14. The van der Waals surface area contributed by atoms with Crippen LogP contribution in [-0.2, 0) is 0 Å². The number of fused-ring (bicyclic) bond motifs is 1. The third kappa shape index (κ3) is 5.58. The number of nitrogens with zero attached hydrogens (tertiary/aromatic N) is 1. The van der Waals surface area contributed by atoms with Crippen molar-refractivity contribution < 1.29 is 23.5 Å². The van der Waals surface area contributed by atoms with Crippen molar-refractivity contribution in [3.05, 3.63) is 65.4 Å². The first-order chi connectivity index (χ1) is 15.1. The van der Waals surface area contributed by atoms with Crippen molar-refractivity contribution in [1.29, 1.82) is 0 Å². The molecule has 0 aliphatic carbocycles. The number of aliphatic hydroxyl groups is 1. The molecule has 2 heterocycles. The Morgan fingerprint density at radius 2 is 2.00 bits per heavy atom. The molecule has 2 aromatic heterocycles. The average Bonchev–Trinajstić information content (AvgIpc) is 3.38. The fraction of sp³-hybridized carbons (Fsp3) is 0.261. The maximum Gasteiger partial charge on any atom is 0.157 e. The van der Waals surface area contributed by atoms with Crippen LogP contribution in [0.4, 0.5) is 0 Å². The van der Waals surface area contributed by atoms with E-state index in [1.54, 1.807) is 12.1 Å². The number of para-hydroxylation sites is 1. The molecule has 0 bridgehead atoms. The minimum absolute atomic E-state index is 0.155. The Morgan fingerprint density at radius 3 is 2.81 bits per heavy atom. The van der Waals surface area contributed by atoms with Crippen LogP contribution in [0.25, 0.3) is 22.4 Å². The Morgan fingerprint density at radius 1 is 1.13 bits per heavy atom. The summed E-state index contributed by atoms with van der Waals surface area (Å²) < 4.78 is 22.2. The molecule has 8 heteroatoms. The van der Waals surface area contributed by atoms with E-state index in [-0.39, 0.29) is 6.61 Å². The van der Waals surface area contributed by atoms with Crippen LogP contribution in [0.5, 0.6) is 11.5 Å². The van der Waals surface area contributed by atoms with Gasteiger partial charge in [0, 0.05) is 24.5 Å². The molecule has 0 saturated carbocycles. The highest BCUT2D eigenvalue weighted by Crippen LogP contribution is 2.30. The third-order valence-corrected chi connectivity index (χ3v) is 4.88. The van der Waals surface area contributed by atoms with Gasteiger partial charge >= 0.3 is 0 Å². The van der Waals surface area contributed by atoms with Crippen LogP contribution in [0.15, 0.2) is 63.5 Å². The number of nitrogens with one attached hydrogen (secondary N) is 1. The zero-order valence-electron chi connectivity index (χ0n) is 17.0. The molecular weight excluding hydrogens is 420 g/mol. The lowest BCUT2D eigenvalue weighted by atomic mass is 10.2. The van der Waals surface area contributed by atoms with E-state index in [2.05, 4.69) is 10.5 Å². The molecule has 4 rings (SSSR count). The first-order valence-electron chi connectivity index (χ1n) is 9.95. The van der Waals surface area contributed by atoms with Crippen molar-refractivity contribution >= 4 is 22.6 Å². The average molecular weight is 443 g/mol. The zero-order valence-corrected chi connectivity index (χ0v) is 17.8. The summed E-state index contributed by atoms with van der Waals surface area (Å²) in [7, 11) is 0. The Bertz CT molecular complexity index is 1140. The van der Waals surface area contributed by atoms with Gasteiger partial charge in [-0.25, -0.2) is 0 Å². The summed E-state index contributed by atoms with van der Waals surface area (Å²) in [5.74, 6) is 2.68. The fourth-order valence-electron chi connectivity index (χ4n) is 3.04. The fourth-order valence-corrected chi connectivity index (χ4v) is 3.23. The van der Waals surface area contributed by atoms with Crippen molar-refractivity contribution in [3.63, 3.8) is 0 Å². The quantitative estimate of drug-likeness (QED) is 0.350. The molecule has 0 fully saturated rings. The first kappa shape index (κ1) is 21.2. The minimum atomic E-state index is -0.655. The largest absolute Gasteiger partial charge is 0.492 e. The van der Waals surface area contributed by atoms with Gasteiger partial charge in [-0.2, -0.15) is 0 Å². The van der Waals surface area contributed by atoms with Gasteiger partial charge in [0.2, 0.25) is 0 Å². The summed E-state index contributed by atoms with van der Waals surface area (Å²) in [6, 6.07) is 16.6. The van der Waals surface area contributed by atoms with Crippen LogP contribution < -0.4 is 14.8 Å². The van der Waals surface area contributed by atoms with Crippen LogP contribution in [0.2, 0.25) is 5.02 Å². The number of hydrogen-bond donors (Lipinski definition) is 2. The van der Waals surface area contributed by atoms with Crippen molar-refractivity contribution in [2.75, 3.05) is 26.3 Å². The molecule has 0 aliphatic heterocycles. The predicted molar refractivity (Wildman–Crippen MR) is 118 cm³/mol. The lowest BCUT2D eigenvalue weighted by Crippen LogP contribution is -2.33. The van der Waals surface area contributed by atoms with E-state index >= 15 is 0 Å².